The molecule has 2 rings (SSSR count). The molecule has 0 amide bonds. The van der Waals surface area contributed by atoms with Crippen molar-refractivity contribution in [2.24, 2.45) is 0 Å². The standard InChI is InChI=1S/C15H12Br2ClF/c16-9-11(13-3-1-2-4-14(13)18)7-10-8-12(17)5-6-15(10)19/h1-6,8,11H,7,9H2. The van der Waals surface area contributed by atoms with Crippen LogP contribution in [0.15, 0.2) is 46.9 Å². The van der Waals surface area contributed by atoms with Gasteiger partial charge >= 0.3 is 0 Å². The summed E-state index contributed by atoms with van der Waals surface area (Å²) in [5.74, 6) is -0.0290. The van der Waals surface area contributed by atoms with Gasteiger partial charge in [0.25, 0.3) is 0 Å². The molecule has 0 nitrogen and oxygen atoms in total. The van der Waals surface area contributed by atoms with Crippen LogP contribution in [-0.2, 0) is 6.42 Å². The monoisotopic (exact) mass is 404 g/mol. The lowest BCUT2D eigenvalue weighted by Gasteiger charge is -2.16. The van der Waals surface area contributed by atoms with Crippen LogP contribution in [0.3, 0.4) is 0 Å². The Morgan fingerprint density at radius 2 is 1.89 bits per heavy atom. The molecule has 0 bridgehead atoms. The summed E-state index contributed by atoms with van der Waals surface area (Å²) in [6.45, 7) is 0. The van der Waals surface area contributed by atoms with Crippen LogP contribution in [0.25, 0.3) is 0 Å². The van der Waals surface area contributed by atoms with Gasteiger partial charge in [0.2, 0.25) is 0 Å². The van der Waals surface area contributed by atoms with E-state index in [-0.39, 0.29) is 11.7 Å². The second kappa shape index (κ2) is 6.87. The maximum Gasteiger partial charge on any atom is 0.126 e. The van der Waals surface area contributed by atoms with Gasteiger partial charge in [-0.3, -0.25) is 0 Å². The van der Waals surface area contributed by atoms with E-state index in [1.165, 1.54) is 6.07 Å². The molecule has 2 aromatic carbocycles. The molecule has 0 heterocycles. The Kier molecular flexibility index (Phi) is 5.43. The molecule has 0 N–H and O–H groups in total. The van der Waals surface area contributed by atoms with Crippen molar-refractivity contribution in [1.29, 1.82) is 0 Å². The summed E-state index contributed by atoms with van der Waals surface area (Å²) >= 11 is 13.1. The smallest absolute Gasteiger partial charge is 0.126 e. The van der Waals surface area contributed by atoms with Crippen molar-refractivity contribution in [2.45, 2.75) is 12.3 Å². The Morgan fingerprint density at radius 1 is 1.16 bits per heavy atom. The fraction of sp³-hybridized carbons (Fsp3) is 0.200. The second-order valence-corrected chi connectivity index (χ2v) is 6.28. The summed E-state index contributed by atoms with van der Waals surface area (Å²) in [5.41, 5.74) is 1.74. The first kappa shape index (κ1) is 15.0. The molecule has 4 heteroatoms. The molecule has 0 saturated heterocycles. The number of benzene rings is 2. The molecular weight excluding hydrogens is 394 g/mol. The zero-order chi connectivity index (χ0) is 13.8. The fourth-order valence-electron chi connectivity index (χ4n) is 2.02. The Hall–Kier alpha value is -0.380. The number of rotatable bonds is 4. The van der Waals surface area contributed by atoms with E-state index in [4.69, 9.17) is 11.6 Å². The van der Waals surface area contributed by atoms with Crippen LogP contribution in [0, 0.1) is 5.82 Å². The summed E-state index contributed by atoms with van der Waals surface area (Å²) in [6, 6.07) is 12.7. The molecule has 0 fully saturated rings. The highest BCUT2D eigenvalue weighted by molar-refractivity contribution is 9.10. The van der Waals surface area contributed by atoms with Crippen LogP contribution in [0.5, 0.6) is 0 Å². The summed E-state index contributed by atoms with van der Waals surface area (Å²) < 4.78 is 14.7. The average molecular weight is 407 g/mol. The highest BCUT2D eigenvalue weighted by Crippen LogP contribution is 2.30. The summed E-state index contributed by atoms with van der Waals surface area (Å²) in [6.07, 6.45) is 0.611. The van der Waals surface area contributed by atoms with E-state index in [0.29, 0.717) is 12.0 Å². The molecule has 0 saturated carbocycles. The van der Waals surface area contributed by atoms with Crippen LogP contribution in [0.4, 0.5) is 4.39 Å². The number of hydrogen-bond acceptors (Lipinski definition) is 0. The molecule has 1 atom stereocenters. The minimum absolute atomic E-state index is 0.150. The first-order chi connectivity index (χ1) is 9.11. The Labute approximate surface area is 134 Å². The lowest BCUT2D eigenvalue weighted by Crippen LogP contribution is -2.06. The summed E-state index contributed by atoms with van der Waals surface area (Å²) in [7, 11) is 0. The Morgan fingerprint density at radius 3 is 2.58 bits per heavy atom. The van der Waals surface area contributed by atoms with Crippen molar-refractivity contribution in [3.8, 4) is 0 Å². The number of alkyl halides is 1. The molecule has 0 radical (unpaired) electrons. The minimum atomic E-state index is -0.179. The van der Waals surface area contributed by atoms with Gasteiger partial charge in [-0.1, -0.05) is 61.7 Å². The van der Waals surface area contributed by atoms with Crippen molar-refractivity contribution < 1.29 is 4.39 Å². The molecule has 19 heavy (non-hydrogen) atoms. The van der Waals surface area contributed by atoms with Crippen molar-refractivity contribution in [3.63, 3.8) is 0 Å². The topological polar surface area (TPSA) is 0 Å². The zero-order valence-electron chi connectivity index (χ0n) is 10.0. The average Bonchev–Trinajstić information content (AvgIpc) is 2.41. The third kappa shape index (κ3) is 3.80. The molecule has 0 aromatic heterocycles. The molecule has 0 aliphatic heterocycles. The zero-order valence-corrected chi connectivity index (χ0v) is 14.0. The van der Waals surface area contributed by atoms with E-state index in [0.717, 1.165) is 20.4 Å². The number of halogens is 4. The fourth-order valence-corrected chi connectivity index (χ4v) is 3.30. The van der Waals surface area contributed by atoms with E-state index in [2.05, 4.69) is 31.9 Å². The van der Waals surface area contributed by atoms with Gasteiger partial charge in [-0.15, -0.1) is 0 Å². The van der Waals surface area contributed by atoms with E-state index in [9.17, 15) is 4.39 Å². The van der Waals surface area contributed by atoms with Crippen molar-refractivity contribution in [3.05, 3.63) is 68.9 Å². The quantitative estimate of drug-likeness (QED) is 0.550. The van der Waals surface area contributed by atoms with Gasteiger partial charge in [0.15, 0.2) is 0 Å². The van der Waals surface area contributed by atoms with Crippen LogP contribution >= 0.6 is 43.5 Å². The van der Waals surface area contributed by atoms with Crippen molar-refractivity contribution >= 4 is 43.5 Å². The maximum atomic E-state index is 13.8. The van der Waals surface area contributed by atoms with Gasteiger partial charge in [0.05, 0.1) is 0 Å². The van der Waals surface area contributed by atoms with Crippen molar-refractivity contribution in [2.75, 3.05) is 5.33 Å². The predicted octanol–water partition coefficient (Wildman–Crippen LogP) is 5.96. The summed E-state index contributed by atoms with van der Waals surface area (Å²) in [4.78, 5) is 0. The third-order valence-corrected chi connectivity index (χ3v) is 4.62. The molecule has 0 aliphatic rings. The Bertz CT molecular complexity index is 572. The third-order valence-electron chi connectivity index (χ3n) is 3.01. The van der Waals surface area contributed by atoms with Crippen LogP contribution in [-0.4, -0.2) is 5.33 Å². The van der Waals surface area contributed by atoms with Crippen LogP contribution in [0.2, 0.25) is 5.02 Å². The van der Waals surface area contributed by atoms with Gasteiger partial charge in [-0.2, -0.15) is 0 Å². The van der Waals surface area contributed by atoms with Gasteiger partial charge in [-0.25, -0.2) is 4.39 Å². The molecule has 100 valence electrons. The van der Waals surface area contributed by atoms with E-state index in [1.807, 2.05) is 30.3 Å². The lowest BCUT2D eigenvalue weighted by molar-refractivity contribution is 0.599. The largest absolute Gasteiger partial charge is 0.207 e. The van der Waals surface area contributed by atoms with Crippen LogP contribution in [0.1, 0.15) is 17.0 Å². The first-order valence-electron chi connectivity index (χ1n) is 5.86. The summed E-state index contributed by atoms with van der Waals surface area (Å²) in [5, 5.41) is 1.46. The van der Waals surface area contributed by atoms with E-state index >= 15 is 0 Å². The molecular formula is C15H12Br2ClF. The van der Waals surface area contributed by atoms with E-state index < -0.39 is 0 Å². The van der Waals surface area contributed by atoms with Gasteiger partial charge in [0, 0.05) is 14.8 Å². The maximum absolute atomic E-state index is 13.8. The van der Waals surface area contributed by atoms with E-state index in [1.54, 1.807) is 6.07 Å². The second-order valence-electron chi connectivity index (χ2n) is 4.31. The molecule has 2 aromatic rings. The number of hydrogen-bond donors (Lipinski definition) is 0. The normalized spacial score (nSPS) is 12.4. The van der Waals surface area contributed by atoms with Gasteiger partial charge < -0.3 is 0 Å². The highest BCUT2D eigenvalue weighted by Gasteiger charge is 2.16. The van der Waals surface area contributed by atoms with Crippen LogP contribution < -0.4 is 0 Å². The van der Waals surface area contributed by atoms with Crippen molar-refractivity contribution in [1.82, 2.24) is 0 Å². The van der Waals surface area contributed by atoms with Gasteiger partial charge in [0.1, 0.15) is 5.82 Å². The first-order valence-corrected chi connectivity index (χ1v) is 8.15. The molecule has 1 unspecified atom stereocenters. The highest BCUT2D eigenvalue weighted by atomic mass is 79.9. The Balaban J connectivity index is 2.29. The van der Waals surface area contributed by atoms with Gasteiger partial charge in [-0.05, 0) is 47.7 Å². The minimum Gasteiger partial charge on any atom is -0.207 e. The predicted molar refractivity (Wildman–Crippen MR) is 85.8 cm³/mol. The lowest BCUT2D eigenvalue weighted by atomic mass is 9.93. The molecule has 0 aliphatic carbocycles. The SMILES string of the molecule is Fc1ccc(Br)cc1CC(CBr)c1ccccc1Cl. The molecule has 0 spiro atoms.